The Hall–Kier alpha value is -1.83. The van der Waals surface area contributed by atoms with Gasteiger partial charge < -0.3 is 4.74 Å². The summed E-state index contributed by atoms with van der Waals surface area (Å²) in [5.41, 5.74) is 0.891. The predicted octanol–water partition coefficient (Wildman–Crippen LogP) is 4.01. The fourth-order valence-electron chi connectivity index (χ4n) is 2.36. The molecule has 1 aliphatic heterocycles. The molecule has 0 atom stereocenters. The normalized spacial score (nSPS) is 14.5. The van der Waals surface area contributed by atoms with Crippen molar-refractivity contribution in [2.24, 2.45) is 0 Å². The number of carbonyl (C=O) groups excluding carboxylic acids is 1. The first kappa shape index (κ1) is 18.9. The van der Waals surface area contributed by atoms with Crippen molar-refractivity contribution in [3.8, 4) is 0 Å². The third-order valence-corrected chi connectivity index (χ3v) is 7.06. The Kier molecular flexibility index (Phi) is 5.41. The maximum atomic E-state index is 12.7. The third-order valence-electron chi connectivity index (χ3n) is 3.78. The van der Waals surface area contributed by atoms with Crippen LogP contribution in [0.4, 0.5) is 0 Å². The highest BCUT2D eigenvalue weighted by atomic mass is 35.5. The molecule has 3 rings (SSSR count). The molecule has 0 amide bonds. The Balaban J connectivity index is 2.08. The van der Waals surface area contributed by atoms with Crippen LogP contribution in [0, 0.1) is 0 Å². The molecule has 0 fully saturated rings. The number of aromatic nitrogens is 1. The van der Waals surface area contributed by atoms with Crippen LogP contribution in [0.15, 0.2) is 57.4 Å². The number of esters is 1. The van der Waals surface area contributed by atoms with Crippen LogP contribution in [0.2, 0.25) is 5.02 Å². The lowest BCUT2D eigenvalue weighted by molar-refractivity contribution is -0.133. The molecule has 0 saturated carbocycles. The average Bonchev–Trinajstić information content (AvgIpc) is 3.02. The van der Waals surface area contributed by atoms with Gasteiger partial charge in [-0.2, -0.15) is 0 Å². The molecule has 8 heteroatoms. The van der Waals surface area contributed by atoms with E-state index in [1.54, 1.807) is 44.2 Å². The second-order valence-corrected chi connectivity index (χ2v) is 9.95. The number of hydrogen-bond donors (Lipinski definition) is 0. The van der Waals surface area contributed by atoms with Crippen LogP contribution in [-0.4, -0.2) is 31.2 Å². The van der Waals surface area contributed by atoms with Crippen LogP contribution in [0.5, 0.6) is 0 Å². The lowest BCUT2D eigenvalue weighted by Crippen LogP contribution is -2.14. The van der Waals surface area contributed by atoms with Gasteiger partial charge in [-0.1, -0.05) is 23.4 Å². The number of benzene rings is 1. The van der Waals surface area contributed by atoms with E-state index >= 15 is 0 Å². The van der Waals surface area contributed by atoms with E-state index in [4.69, 9.17) is 16.3 Å². The second kappa shape index (κ2) is 7.42. The fraction of sp³-hybridized carbons (Fsp3) is 0.222. The molecule has 136 valence electrons. The molecular formula is C18H16ClNO4S2. The van der Waals surface area contributed by atoms with Crippen LogP contribution in [0.3, 0.4) is 0 Å². The summed E-state index contributed by atoms with van der Waals surface area (Å²) in [6, 6.07) is 8.34. The van der Waals surface area contributed by atoms with E-state index in [0.29, 0.717) is 26.1 Å². The quantitative estimate of drug-likeness (QED) is 0.694. The Morgan fingerprint density at radius 1 is 1.23 bits per heavy atom. The van der Waals surface area contributed by atoms with Gasteiger partial charge in [0.2, 0.25) is 0 Å². The highest BCUT2D eigenvalue weighted by Gasteiger charge is 2.24. The van der Waals surface area contributed by atoms with E-state index in [1.165, 1.54) is 24.0 Å². The van der Waals surface area contributed by atoms with Crippen molar-refractivity contribution < 1.29 is 17.9 Å². The number of ether oxygens (including phenoxy) is 1. The van der Waals surface area contributed by atoms with Crippen molar-refractivity contribution in [1.82, 2.24) is 4.98 Å². The molecule has 0 bridgehead atoms. The van der Waals surface area contributed by atoms with Crippen LogP contribution >= 0.6 is 23.4 Å². The Morgan fingerprint density at radius 3 is 2.58 bits per heavy atom. The standard InChI is InChI=1S/C18H16ClNO4S2/c1-11(2)26(22,23)15-8-12(16-5-6-24-18(16)21)7-14(9-15)25-17-4-3-13(19)10-20-17/h3-5,7-11H,6H2,1-2H3. The van der Waals surface area contributed by atoms with Gasteiger partial charge in [-0.3, -0.25) is 0 Å². The molecule has 0 aliphatic carbocycles. The number of carbonyl (C=O) groups is 1. The summed E-state index contributed by atoms with van der Waals surface area (Å²) in [7, 11) is -3.50. The largest absolute Gasteiger partial charge is 0.458 e. The van der Waals surface area contributed by atoms with Crippen molar-refractivity contribution in [3.63, 3.8) is 0 Å². The van der Waals surface area contributed by atoms with E-state index in [0.717, 1.165) is 0 Å². The van der Waals surface area contributed by atoms with Gasteiger partial charge in [0.05, 0.1) is 20.7 Å². The topological polar surface area (TPSA) is 73.3 Å². The molecule has 5 nitrogen and oxygen atoms in total. The van der Waals surface area contributed by atoms with Crippen LogP contribution in [0.1, 0.15) is 19.4 Å². The molecule has 1 aromatic heterocycles. The van der Waals surface area contributed by atoms with Crippen molar-refractivity contribution in [3.05, 3.63) is 53.2 Å². The van der Waals surface area contributed by atoms with Gasteiger partial charge >= 0.3 is 5.97 Å². The maximum Gasteiger partial charge on any atom is 0.338 e. The zero-order valence-corrected chi connectivity index (χ0v) is 16.5. The number of hydrogen-bond acceptors (Lipinski definition) is 6. The SMILES string of the molecule is CC(C)S(=O)(=O)c1cc(Sc2ccc(Cl)cn2)cc(C2=CCOC2=O)c1. The molecule has 1 aromatic carbocycles. The summed E-state index contributed by atoms with van der Waals surface area (Å²) in [5, 5.41) is 0.612. The molecule has 1 aliphatic rings. The van der Waals surface area contributed by atoms with Crippen LogP contribution < -0.4 is 0 Å². The molecule has 0 spiro atoms. The molecule has 0 unspecified atom stereocenters. The summed E-state index contributed by atoms with van der Waals surface area (Å²) in [6.45, 7) is 3.44. The van der Waals surface area contributed by atoms with Gasteiger partial charge in [-0.25, -0.2) is 18.2 Å². The van der Waals surface area contributed by atoms with Crippen LogP contribution in [-0.2, 0) is 19.4 Å². The highest BCUT2D eigenvalue weighted by molar-refractivity contribution is 7.99. The van der Waals surface area contributed by atoms with E-state index in [2.05, 4.69) is 4.98 Å². The molecule has 2 aromatic rings. The molecule has 0 radical (unpaired) electrons. The van der Waals surface area contributed by atoms with E-state index in [9.17, 15) is 13.2 Å². The van der Waals surface area contributed by atoms with Gasteiger partial charge in [0, 0.05) is 11.1 Å². The monoisotopic (exact) mass is 409 g/mol. The Labute approximate surface area is 161 Å². The molecule has 26 heavy (non-hydrogen) atoms. The Morgan fingerprint density at radius 2 is 2.00 bits per heavy atom. The van der Waals surface area contributed by atoms with Crippen molar-refractivity contribution in [2.45, 2.75) is 33.9 Å². The number of cyclic esters (lactones) is 1. The summed E-state index contributed by atoms with van der Waals surface area (Å²) in [5.74, 6) is -0.454. The van der Waals surface area contributed by atoms with Crippen molar-refractivity contribution in [2.75, 3.05) is 6.61 Å². The van der Waals surface area contributed by atoms with Crippen molar-refractivity contribution in [1.29, 1.82) is 0 Å². The summed E-state index contributed by atoms with van der Waals surface area (Å²) < 4.78 is 30.3. The van der Waals surface area contributed by atoms with E-state index < -0.39 is 21.1 Å². The average molecular weight is 410 g/mol. The van der Waals surface area contributed by atoms with Gasteiger partial charge in [0.15, 0.2) is 9.84 Å². The van der Waals surface area contributed by atoms with Gasteiger partial charge in [-0.15, -0.1) is 0 Å². The zero-order valence-electron chi connectivity index (χ0n) is 14.1. The highest BCUT2D eigenvalue weighted by Crippen LogP contribution is 2.33. The molecule has 0 N–H and O–H groups in total. The minimum atomic E-state index is -3.50. The number of sulfone groups is 1. The van der Waals surface area contributed by atoms with Crippen LogP contribution in [0.25, 0.3) is 5.57 Å². The molecular weight excluding hydrogens is 394 g/mol. The first-order valence-electron chi connectivity index (χ1n) is 7.83. The first-order valence-corrected chi connectivity index (χ1v) is 10.6. The minimum absolute atomic E-state index is 0.169. The van der Waals surface area contributed by atoms with E-state index in [-0.39, 0.29) is 11.5 Å². The predicted molar refractivity (Wildman–Crippen MR) is 101 cm³/mol. The second-order valence-electron chi connectivity index (χ2n) is 5.92. The minimum Gasteiger partial charge on any atom is -0.458 e. The summed E-state index contributed by atoms with van der Waals surface area (Å²) >= 11 is 7.15. The van der Waals surface area contributed by atoms with Gasteiger partial charge in [-0.05, 0) is 55.8 Å². The van der Waals surface area contributed by atoms with E-state index in [1.807, 2.05) is 0 Å². The number of nitrogens with zero attached hydrogens (tertiary/aromatic N) is 1. The number of pyridine rings is 1. The lowest BCUT2D eigenvalue weighted by Gasteiger charge is -2.12. The zero-order chi connectivity index (χ0) is 18.9. The summed E-state index contributed by atoms with van der Waals surface area (Å²) in [4.78, 5) is 17.0. The Bertz CT molecular complexity index is 983. The van der Waals surface area contributed by atoms with Gasteiger partial charge in [0.25, 0.3) is 0 Å². The third kappa shape index (κ3) is 3.95. The fourth-order valence-corrected chi connectivity index (χ4v) is 4.53. The lowest BCUT2D eigenvalue weighted by atomic mass is 10.1. The first-order chi connectivity index (χ1) is 12.3. The van der Waals surface area contributed by atoms with Gasteiger partial charge in [0.1, 0.15) is 11.6 Å². The maximum absolute atomic E-state index is 12.7. The smallest absolute Gasteiger partial charge is 0.338 e. The molecule has 2 heterocycles. The number of halogens is 1. The summed E-state index contributed by atoms with van der Waals surface area (Å²) in [6.07, 6.45) is 3.18. The number of rotatable bonds is 5. The van der Waals surface area contributed by atoms with Crippen molar-refractivity contribution >= 4 is 44.7 Å². The molecule has 0 saturated heterocycles.